The third-order valence-electron chi connectivity index (χ3n) is 4.71. The van der Waals surface area contributed by atoms with Gasteiger partial charge in [-0.3, -0.25) is 4.79 Å². The van der Waals surface area contributed by atoms with Gasteiger partial charge in [0, 0.05) is 23.4 Å². The molecular weight excluding hydrogens is 400 g/mol. The van der Waals surface area contributed by atoms with E-state index in [0.717, 1.165) is 25.0 Å². The van der Waals surface area contributed by atoms with Crippen molar-refractivity contribution < 1.29 is 23.7 Å². The number of fused-ring (bicyclic) bond motifs is 1. The maximum atomic E-state index is 13.1. The SMILES string of the molecule is CCCCc1cc(NC(=O)c2cc(OC)c(OC)c(OC)c2)n2nc(OCC)cc2n1. The largest absolute Gasteiger partial charge is 0.493 e. The van der Waals surface area contributed by atoms with E-state index in [1.807, 2.05) is 13.0 Å². The average Bonchev–Trinajstić information content (AvgIpc) is 3.19. The lowest BCUT2D eigenvalue weighted by atomic mass is 10.1. The van der Waals surface area contributed by atoms with Gasteiger partial charge in [0.15, 0.2) is 17.1 Å². The highest BCUT2D eigenvalue weighted by Gasteiger charge is 2.19. The van der Waals surface area contributed by atoms with E-state index in [0.29, 0.717) is 46.8 Å². The topological polar surface area (TPSA) is 96.2 Å². The van der Waals surface area contributed by atoms with Gasteiger partial charge >= 0.3 is 0 Å². The van der Waals surface area contributed by atoms with Gasteiger partial charge in [0.25, 0.3) is 5.91 Å². The smallest absolute Gasteiger partial charge is 0.257 e. The van der Waals surface area contributed by atoms with Crippen molar-refractivity contribution in [2.24, 2.45) is 0 Å². The lowest BCUT2D eigenvalue weighted by molar-refractivity contribution is 0.102. The maximum absolute atomic E-state index is 13.1. The van der Waals surface area contributed by atoms with Crippen LogP contribution in [0, 0.1) is 0 Å². The molecule has 0 aliphatic rings. The van der Waals surface area contributed by atoms with Gasteiger partial charge in [0.1, 0.15) is 5.82 Å². The van der Waals surface area contributed by atoms with E-state index in [1.54, 1.807) is 22.7 Å². The minimum Gasteiger partial charge on any atom is -0.493 e. The summed E-state index contributed by atoms with van der Waals surface area (Å²) in [7, 11) is 4.52. The molecule has 0 fully saturated rings. The summed E-state index contributed by atoms with van der Waals surface area (Å²) < 4.78 is 23.1. The number of unbranched alkanes of at least 4 members (excludes halogenated alkanes) is 1. The number of nitrogens with zero attached hydrogens (tertiary/aromatic N) is 3. The lowest BCUT2D eigenvalue weighted by Crippen LogP contribution is -2.16. The number of carbonyl (C=O) groups is 1. The summed E-state index contributed by atoms with van der Waals surface area (Å²) in [5.41, 5.74) is 1.83. The Kier molecular flexibility index (Phi) is 7.17. The van der Waals surface area contributed by atoms with E-state index in [1.165, 1.54) is 21.3 Å². The second kappa shape index (κ2) is 10.0. The molecule has 0 spiro atoms. The quantitative estimate of drug-likeness (QED) is 0.525. The van der Waals surface area contributed by atoms with Gasteiger partial charge in [-0.05, 0) is 31.9 Å². The van der Waals surface area contributed by atoms with Crippen LogP contribution in [0.25, 0.3) is 5.65 Å². The van der Waals surface area contributed by atoms with Crippen molar-refractivity contribution in [1.82, 2.24) is 14.6 Å². The third-order valence-corrected chi connectivity index (χ3v) is 4.71. The molecule has 9 heteroatoms. The zero-order valence-corrected chi connectivity index (χ0v) is 18.5. The number of amides is 1. The molecule has 0 unspecified atom stereocenters. The molecule has 3 rings (SSSR count). The van der Waals surface area contributed by atoms with Crippen LogP contribution in [-0.2, 0) is 6.42 Å². The number of aromatic nitrogens is 3. The third kappa shape index (κ3) is 4.82. The van der Waals surface area contributed by atoms with Gasteiger partial charge in [0.2, 0.25) is 11.6 Å². The van der Waals surface area contributed by atoms with Crippen LogP contribution in [0.1, 0.15) is 42.7 Å². The number of methoxy groups -OCH3 is 3. The minimum absolute atomic E-state index is 0.346. The highest BCUT2D eigenvalue weighted by Crippen LogP contribution is 2.38. The molecule has 1 N–H and O–H groups in total. The number of hydrogen-bond acceptors (Lipinski definition) is 7. The zero-order valence-electron chi connectivity index (χ0n) is 18.5. The maximum Gasteiger partial charge on any atom is 0.257 e. The highest BCUT2D eigenvalue weighted by atomic mass is 16.5. The van der Waals surface area contributed by atoms with Crippen molar-refractivity contribution in [3.05, 3.63) is 35.5 Å². The van der Waals surface area contributed by atoms with Crippen LogP contribution >= 0.6 is 0 Å². The van der Waals surface area contributed by atoms with Crippen LogP contribution in [0.5, 0.6) is 23.1 Å². The standard InChI is InChI=1S/C22H28N4O5/c1-6-8-9-15-12-18(26-19(23-15)13-20(25-26)31-7-2)24-22(27)14-10-16(28-3)21(30-5)17(11-14)29-4/h10-13H,6-9H2,1-5H3,(H,24,27). The van der Waals surface area contributed by atoms with Crippen molar-refractivity contribution in [1.29, 1.82) is 0 Å². The molecule has 2 aromatic heterocycles. The van der Waals surface area contributed by atoms with Crippen molar-refractivity contribution in [2.75, 3.05) is 33.3 Å². The number of aryl methyl sites for hydroxylation is 1. The first-order valence-corrected chi connectivity index (χ1v) is 10.2. The second-order valence-corrected chi connectivity index (χ2v) is 6.79. The average molecular weight is 428 g/mol. The van der Waals surface area contributed by atoms with E-state index in [-0.39, 0.29) is 5.91 Å². The van der Waals surface area contributed by atoms with Crippen LogP contribution in [-0.4, -0.2) is 48.4 Å². The van der Waals surface area contributed by atoms with Crippen molar-refractivity contribution in [2.45, 2.75) is 33.1 Å². The Bertz CT molecular complexity index is 1040. The van der Waals surface area contributed by atoms with E-state index < -0.39 is 0 Å². The lowest BCUT2D eigenvalue weighted by Gasteiger charge is -2.14. The van der Waals surface area contributed by atoms with Gasteiger partial charge < -0.3 is 24.3 Å². The van der Waals surface area contributed by atoms with Gasteiger partial charge in [-0.2, -0.15) is 4.52 Å². The molecule has 9 nitrogen and oxygen atoms in total. The molecule has 0 atom stereocenters. The Morgan fingerprint density at radius 3 is 2.32 bits per heavy atom. The molecule has 1 aromatic carbocycles. The molecule has 3 aromatic rings. The predicted molar refractivity (Wildman–Crippen MR) is 117 cm³/mol. The highest BCUT2D eigenvalue weighted by molar-refractivity contribution is 6.04. The molecule has 0 saturated heterocycles. The van der Waals surface area contributed by atoms with Crippen LogP contribution in [0.2, 0.25) is 0 Å². The van der Waals surface area contributed by atoms with Crippen LogP contribution in [0.3, 0.4) is 0 Å². The summed E-state index contributed by atoms with van der Waals surface area (Å²) in [6, 6.07) is 6.79. The first-order chi connectivity index (χ1) is 15.0. The summed E-state index contributed by atoms with van der Waals surface area (Å²) in [6.45, 7) is 4.49. The first kappa shape index (κ1) is 22.2. The van der Waals surface area contributed by atoms with Crippen molar-refractivity contribution in [3.8, 4) is 23.1 Å². The second-order valence-electron chi connectivity index (χ2n) is 6.79. The molecule has 0 radical (unpaired) electrons. The fourth-order valence-corrected chi connectivity index (χ4v) is 3.20. The molecular formula is C22H28N4O5. The number of carbonyl (C=O) groups excluding carboxylic acids is 1. The summed E-state index contributed by atoms with van der Waals surface area (Å²) in [5, 5.41) is 7.34. The summed E-state index contributed by atoms with van der Waals surface area (Å²) >= 11 is 0. The number of anilines is 1. The minimum atomic E-state index is -0.346. The Labute approximate surface area is 181 Å². The normalized spacial score (nSPS) is 10.7. The zero-order chi connectivity index (χ0) is 22.4. The molecule has 0 saturated carbocycles. The van der Waals surface area contributed by atoms with Crippen LogP contribution in [0.15, 0.2) is 24.3 Å². The monoisotopic (exact) mass is 428 g/mol. The number of rotatable bonds is 10. The first-order valence-electron chi connectivity index (χ1n) is 10.2. The number of ether oxygens (including phenoxy) is 4. The molecule has 0 bridgehead atoms. The van der Waals surface area contributed by atoms with Crippen molar-refractivity contribution >= 4 is 17.4 Å². The van der Waals surface area contributed by atoms with Gasteiger partial charge in [-0.25, -0.2) is 4.98 Å². The van der Waals surface area contributed by atoms with Gasteiger partial charge in [0.05, 0.1) is 27.9 Å². The van der Waals surface area contributed by atoms with E-state index in [2.05, 4.69) is 22.3 Å². The molecule has 0 aliphatic heterocycles. The Morgan fingerprint density at radius 1 is 1.03 bits per heavy atom. The number of nitrogens with one attached hydrogen (secondary N) is 1. The van der Waals surface area contributed by atoms with E-state index in [4.69, 9.17) is 18.9 Å². The Morgan fingerprint density at radius 2 is 1.74 bits per heavy atom. The molecule has 166 valence electrons. The summed E-state index contributed by atoms with van der Waals surface area (Å²) in [6.07, 6.45) is 2.84. The van der Waals surface area contributed by atoms with Crippen LogP contribution < -0.4 is 24.3 Å². The molecule has 0 aliphatic carbocycles. The van der Waals surface area contributed by atoms with Crippen molar-refractivity contribution in [3.63, 3.8) is 0 Å². The van der Waals surface area contributed by atoms with E-state index >= 15 is 0 Å². The number of hydrogen-bond donors (Lipinski definition) is 1. The number of benzene rings is 1. The predicted octanol–water partition coefficient (Wildman–Crippen LogP) is 3.75. The van der Waals surface area contributed by atoms with Crippen LogP contribution in [0.4, 0.5) is 5.82 Å². The molecule has 2 heterocycles. The van der Waals surface area contributed by atoms with Gasteiger partial charge in [-0.1, -0.05) is 13.3 Å². The Hall–Kier alpha value is -3.49. The summed E-state index contributed by atoms with van der Waals surface area (Å²) in [5.74, 6) is 1.82. The van der Waals surface area contributed by atoms with Gasteiger partial charge in [-0.15, -0.1) is 5.10 Å². The van der Waals surface area contributed by atoms with E-state index in [9.17, 15) is 4.79 Å². The molecule has 31 heavy (non-hydrogen) atoms. The fraction of sp³-hybridized carbons (Fsp3) is 0.409. The molecule has 1 amide bonds. The Balaban J connectivity index is 2.00. The summed E-state index contributed by atoms with van der Waals surface area (Å²) in [4.78, 5) is 17.7. The fourth-order valence-electron chi connectivity index (χ4n) is 3.20.